The molecule has 248 valence electrons. The molecule has 0 atom stereocenters. The lowest BCUT2D eigenvalue weighted by molar-refractivity contribution is -0.145. The summed E-state index contributed by atoms with van der Waals surface area (Å²) in [5, 5.41) is 2.48. The summed E-state index contributed by atoms with van der Waals surface area (Å²) in [7, 11) is -2.53. The van der Waals surface area contributed by atoms with Gasteiger partial charge < -0.3 is 28.1 Å². The lowest BCUT2D eigenvalue weighted by atomic mass is 10.1. The van der Waals surface area contributed by atoms with Crippen LogP contribution in [0.4, 0.5) is 0 Å². The summed E-state index contributed by atoms with van der Waals surface area (Å²) in [6, 6.07) is 21.3. The summed E-state index contributed by atoms with van der Waals surface area (Å²) in [5.74, 6) is -0.133. The summed E-state index contributed by atoms with van der Waals surface area (Å²) < 4.78 is 34.5. The Morgan fingerprint density at radius 3 is 1.43 bits per heavy atom. The Morgan fingerprint density at radius 2 is 0.977 bits per heavy atom. The molecule has 8 heteroatoms. The first-order valence-electron chi connectivity index (χ1n) is 16.6. The summed E-state index contributed by atoms with van der Waals surface area (Å²) in [6.45, 7) is 13.7. The molecule has 0 saturated heterocycles. The molecule has 0 aliphatic heterocycles. The number of carbonyl (C=O) groups excluding carboxylic acids is 1. The molecule has 7 nitrogen and oxygen atoms in total. The molecule has 44 heavy (non-hydrogen) atoms. The van der Waals surface area contributed by atoms with Gasteiger partial charge in [0.2, 0.25) is 0 Å². The third kappa shape index (κ3) is 14.8. The van der Waals surface area contributed by atoms with Crippen LogP contribution in [0.1, 0.15) is 79.1 Å². The predicted octanol–water partition coefficient (Wildman–Crippen LogP) is 6.31. The highest BCUT2D eigenvalue weighted by Gasteiger charge is 2.49. The molecule has 0 saturated carbocycles. The predicted molar refractivity (Wildman–Crippen MR) is 180 cm³/mol. The van der Waals surface area contributed by atoms with E-state index in [1.54, 1.807) is 0 Å². The lowest BCUT2D eigenvalue weighted by Crippen LogP contribution is -2.66. The van der Waals surface area contributed by atoms with Crippen LogP contribution in [0.25, 0.3) is 0 Å². The van der Waals surface area contributed by atoms with E-state index in [2.05, 4.69) is 88.4 Å². The highest BCUT2D eigenvalue weighted by Crippen LogP contribution is 2.36. The highest BCUT2D eigenvalue weighted by molar-refractivity contribution is 6.99. The van der Waals surface area contributed by atoms with Crippen LogP contribution in [-0.2, 0) is 32.9 Å². The van der Waals surface area contributed by atoms with E-state index in [0.29, 0.717) is 72.5 Å². The van der Waals surface area contributed by atoms with Crippen molar-refractivity contribution in [1.82, 2.24) is 0 Å². The monoisotopic (exact) mass is 630 g/mol. The van der Waals surface area contributed by atoms with E-state index in [1.807, 2.05) is 0 Å². The van der Waals surface area contributed by atoms with Crippen LogP contribution in [0.3, 0.4) is 0 Å². The fourth-order valence-corrected chi connectivity index (χ4v) is 9.84. The molecule has 0 bridgehead atoms. The number of esters is 1. The number of hydrogen-bond donors (Lipinski definition) is 0. The second kappa shape index (κ2) is 23.3. The molecule has 0 radical (unpaired) electrons. The smallest absolute Gasteiger partial charge is 0.305 e. The molecule has 2 aromatic rings. The molecule has 0 amide bonds. The van der Waals surface area contributed by atoms with Gasteiger partial charge in [-0.1, -0.05) is 127 Å². The van der Waals surface area contributed by atoms with Gasteiger partial charge in [-0.2, -0.15) is 0 Å². The molecular weight excluding hydrogens is 572 g/mol. The van der Waals surface area contributed by atoms with Gasteiger partial charge in [0, 0.05) is 6.42 Å². The van der Waals surface area contributed by atoms with Crippen molar-refractivity contribution in [3.63, 3.8) is 0 Å². The molecular formula is C36H58O7Si. The van der Waals surface area contributed by atoms with Gasteiger partial charge in [-0.3, -0.25) is 4.79 Å². The molecule has 0 aromatic heterocycles. The van der Waals surface area contributed by atoms with Crippen LogP contribution in [0.2, 0.25) is 5.04 Å². The Hall–Kier alpha value is -2.07. The number of unbranched alkanes of at least 4 members (excludes halogenated alkanes) is 6. The standard InChI is InChI=1S/C36H58O7Si/c1-5-6-7-8-9-10-17-22-35(37)42-31-29-40-27-25-38-23-24-39-26-28-41-30-32-43-44(36(2,3)4,33-18-13-11-14-19-33)34-20-15-12-16-21-34/h11-16,18-21H,5-10,17,22-32H2,1-4H3. The van der Waals surface area contributed by atoms with Crippen molar-refractivity contribution in [3.05, 3.63) is 60.7 Å². The van der Waals surface area contributed by atoms with E-state index in [1.165, 1.54) is 42.5 Å². The number of rotatable bonds is 26. The van der Waals surface area contributed by atoms with Gasteiger partial charge in [-0.05, 0) is 21.8 Å². The van der Waals surface area contributed by atoms with E-state index < -0.39 is 8.32 Å². The summed E-state index contributed by atoms with van der Waals surface area (Å²) in [5.41, 5.74) is 0. The van der Waals surface area contributed by atoms with E-state index in [-0.39, 0.29) is 11.0 Å². The molecule has 0 aliphatic carbocycles. The third-order valence-corrected chi connectivity index (χ3v) is 12.6. The topological polar surface area (TPSA) is 72.5 Å². The van der Waals surface area contributed by atoms with Crippen molar-refractivity contribution in [2.75, 3.05) is 66.1 Å². The number of benzene rings is 2. The van der Waals surface area contributed by atoms with E-state index in [0.717, 1.165) is 12.8 Å². The normalized spacial score (nSPS) is 12.0. The quantitative estimate of drug-likeness (QED) is 0.0685. The zero-order chi connectivity index (χ0) is 31.8. The first kappa shape index (κ1) is 38.1. The maximum absolute atomic E-state index is 11.8. The summed E-state index contributed by atoms with van der Waals surface area (Å²) >= 11 is 0. The van der Waals surface area contributed by atoms with Crippen molar-refractivity contribution < 1.29 is 32.9 Å². The fraction of sp³-hybridized carbons (Fsp3) is 0.639. The van der Waals surface area contributed by atoms with E-state index >= 15 is 0 Å². The first-order chi connectivity index (χ1) is 21.4. The van der Waals surface area contributed by atoms with Gasteiger partial charge >= 0.3 is 5.97 Å². The molecule has 0 heterocycles. The molecule has 0 aliphatic rings. The second-order valence-corrected chi connectivity index (χ2v) is 16.4. The molecule has 0 fully saturated rings. The van der Waals surface area contributed by atoms with E-state index in [9.17, 15) is 4.79 Å². The van der Waals surface area contributed by atoms with E-state index in [4.69, 9.17) is 28.1 Å². The van der Waals surface area contributed by atoms with Crippen molar-refractivity contribution in [2.45, 2.75) is 84.1 Å². The maximum Gasteiger partial charge on any atom is 0.305 e. The molecule has 0 N–H and O–H groups in total. The average Bonchev–Trinajstić information content (AvgIpc) is 3.02. The van der Waals surface area contributed by atoms with Crippen molar-refractivity contribution >= 4 is 24.7 Å². The van der Waals surface area contributed by atoms with Gasteiger partial charge in [0.05, 0.1) is 59.5 Å². The number of carbonyl (C=O) groups is 1. The van der Waals surface area contributed by atoms with Crippen LogP contribution in [0.5, 0.6) is 0 Å². The Labute approximate surface area is 268 Å². The summed E-state index contributed by atoms with van der Waals surface area (Å²) in [4.78, 5) is 11.8. The largest absolute Gasteiger partial charge is 0.463 e. The summed E-state index contributed by atoms with van der Waals surface area (Å²) in [6.07, 6.45) is 8.83. The number of hydrogen-bond acceptors (Lipinski definition) is 7. The zero-order valence-corrected chi connectivity index (χ0v) is 28.9. The minimum atomic E-state index is -2.53. The van der Waals surface area contributed by atoms with Crippen LogP contribution >= 0.6 is 0 Å². The second-order valence-electron chi connectivity index (χ2n) is 12.1. The van der Waals surface area contributed by atoms with Crippen molar-refractivity contribution in [3.8, 4) is 0 Å². The van der Waals surface area contributed by atoms with Gasteiger partial charge in [0.1, 0.15) is 6.61 Å². The Morgan fingerprint density at radius 1 is 0.568 bits per heavy atom. The molecule has 0 unspecified atom stereocenters. The fourth-order valence-electron chi connectivity index (χ4n) is 5.29. The average molecular weight is 631 g/mol. The van der Waals surface area contributed by atoms with Crippen molar-refractivity contribution in [2.24, 2.45) is 0 Å². The minimum absolute atomic E-state index is 0.0522. The van der Waals surface area contributed by atoms with Gasteiger partial charge in [-0.15, -0.1) is 0 Å². The Bertz CT molecular complexity index is 926. The highest BCUT2D eigenvalue weighted by atomic mass is 28.4. The van der Waals surface area contributed by atoms with Gasteiger partial charge in [0.25, 0.3) is 8.32 Å². The van der Waals surface area contributed by atoms with Gasteiger partial charge in [-0.25, -0.2) is 0 Å². The van der Waals surface area contributed by atoms with Crippen LogP contribution < -0.4 is 10.4 Å². The zero-order valence-electron chi connectivity index (χ0n) is 27.9. The Balaban J connectivity index is 1.47. The molecule has 2 aromatic carbocycles. The lowest BCUT2D eigenvalue weighted by Gasteiger charge is -2.43. The number of ether oxygens (including phenoxy) is 5. The molecule has 2 rings (SSSR count). The van der Waals surface area contributed by atoms with Crippen LogP contribution in [-0.4, -0.2) is 80.4 Å². The molecule has 0 spiro atoms. The van der Waals surface area contributed by atoms with Crippen LogP contribution in [0.15, 0.2) is 60.7 Å². The van der Waals surface area contributed by atoms with Crippen LogP contribution in [0, 0.1) is 0 Å². The SMILES string of the molecule is CCCCCCCCCC(=O)OCCOCCOCCOCCOCCO[Si](c1ccccc1)(c1ccccc1)C(C)(C)C. The third-order valence-electron chi connectivity index (χ3n) is 7.55. The van der Waals surface area contributed by atoms with Crippen molar-refractivity contribution in [1.29, 1.82) is 0 Å². The van der Waals surface area contributed by atoms with Gasteiger partial charge in [0.15, 0.2) is 0 Å². The first-order valence-corrected chi connectivity index (χ1v) is 18.5. The maximum atomic E-state index is 11.8. The minimum Gasteiger partial charge on any atom is -0.463 e. The Kier molecular flexibility index (Phi) is 20.2.